The van der Waals surface area contributed by atoms with Crippen LogP contribution in [0.3, 0.4) is 0 Å². The number of aryl methyl sites for hydroxylation is 3. The Bertz CT molecular complexity index is 490. The molecule has 0 atom stereocenters. The molecule has 0 unspecified atom stereocenters. The molecule has 20 heavy (non-hydrogen) atoms. The molecule has 0 radical (unpaired) electrons. The molecule has 0 saturated carbocycles. The lowest BCUT2D eigenvalue weighted by Gasteiger charge is -2.44. The molecule has 2 aliphatic heterocycles. The highest BCUT2D eigenvalue weighted by Crippen LogP contribution is 2.40. The minimum absolute atomic E-state index is 0.0831. The van der Waals surface area contributed by atoms with Crippen molar-refractivity contribution in [3.8, 4) is 5.75 Å². The minimum atomic E-state index is 0.0831. The number of hydrogen-bond donors (Lipinski definition) is 1. The van der Waals surface area contributed by atoms with Gasteiger partial charge in [-0.05, 0) is 62.3 Å². The normalized spacial score (nSPS) is 21.6. The van der Waals surface area contributed by atoms with Crippen molar-refractivity contribution in [2.75, 3.05) is 26.2 Å². The van der Waals surface area contributed by atoms with Gasteiger partial charge < -0.3 is 15.4 Å². The fourth-order valence-corrected chi connectivity index (χ4v) is 3.51. The van der Waals surface area contributed by atoms with Crippen LogP contribution in [0, 0.1) is 13.8 Å². The van der Waals surface area contributed by atoms with E-state index in [4.69, 9.17) is 10.5 Å². The lowest BCUT2D eigenvalue weighted by atomic mass is 9.82. The number of rotatable bonds is 2. The highest BCUT2D eigenvalue weighted by molar-refractivity contribution is 5.43. The van der Waals surface area contributed by atoms with Gasteiger partial charge in [-0.25, -0.2) is 0 Å². The third-order valence-electron chi connectivity index (χ3n) is 5.07. The van der Waals surface area contributed by atoms with E-state index in [0.717, 1.165) is 51.2 Å². The van der Waals surface area contributed by atoms with Crippen LogP contribution < -0.4 is 10.5 Å². The summed E-state index contributed by atoms with van der Waals surface area (Å²) >= 11 is 0. The van der Waals surface area contributed by atoms with Crippen LogP contribution in [0.2, 0.25) is 0 Å². The molecule has 1 fully saturated rings. The van der Waals surface area contributed by atoms with Crippen LogP contribution in [0.5, 0.6) is 5.75 Å². The first-order chi connectivity index (χ1) is 9.62. The Balaban J connectivity index is 1.74. The molecule has 3 heteroatoms. The smallest absolute Gasteiger partial charge is 0.123 e. The van der Waals surface area contributed by atoms with Gasteiger partial charge in [0.1, 0.15) is 11.4 Å². The summed E-state index contributed by atoms with van der Waals surface area (Å²) in [6.07, 6.45) is 4.60. The van der Waals surface area contributed by atoms with E-state index >= 15 is 0 Å². The molecule has 3 nitrogen and oxygen atoms in total. The molecule has 2 heterocycles. The van der Waals surface area contributed by atoms with Crippen LogP contribution in [0.4, 0.5) is 0 Å². The Morgan fingerprint density at radius 2 is 1.85 bits per heavy atom. The number of fused-ring (bicyclic) bond motifs is 1. The zero-order valence-electron chi connectivity index (χ0n) is 12.7. The van der Waals surface area contributed by atoms with Crippen molar-refractivity contribution in [3.63, 3.8) is 0 Å². The summed E-state index contributed by atoms with van der Waals surface area (Å²) in [6.45, 7) is 8.38. The SMILES string of the molecule is Cc1cc2c(cc1C)OC1(CC2)CCN(CCN)CC1. The molecule has 1 aromatic rings. The van der Waals surface area contributed by atoms with Gasteiger partial charge >= 0.3 is 0 Å². The van der Waals surface area contributed by atoms with E-state index in [-0.39, 0.29) is 5.60 Å². The van der Waals surface area contributed by atoms with Crippen molar-refractivity contribution in [3.05, 3.63) is 28.8 Å². The van der Waals surface area contributed by atoms with E-state index in [0.29, 0.717) is 0 Å². The van der Waals surface area contributed by atoms with Gasteiger partial charge in [-0.15, -0.1) is 0 Å². The van der Waals surface area contributed by atoms with Crippen molar-refractivity contribution < 1.29 is 4.74 Å². The summed E-state index contributed by atoms with van der Waals surface area (Å²) in [5.41, 5.74) is 9.84. The van der Waals surface area contributed by atoms with Crippen LogP contribution in [-0.4, -0.2) is 36.7 Å². The highest BCUT2D eigenvalue weighted by Gasteiger charge is 2.39. The number of piperidine rings is 1. The Morgan fingerprint density at radius 3 is 2.55 bits per heavy atom. The Labute approximate surface area is 122 Å². The van der Waals surface area contributed by atoms with E-state index in [2.05, 4.69) is 30.9 Å². The molecule has 0 bridgehead atoms. The zero-order chi connectivity index (χ0) is 14.2. The quantitative estimate of drug-likeness (QED) is 0.900. The second kappa shape index (κ2) is 5.38. The van der Waals surface area contributed by atoms with Crippen molar-refractivity contribution in [1.29, 1.82) is 0 Å². The topological polar surface area (TPSA) is 38.5 Å². The predicted octanol–water partition coefficient (Wildman–Crippen LogP) is 2.42. The standard InChI is InChI=1S/C17H26N2O/c1-13-11-15-3-4-17(20-16(15)12-14(13)2)5-8-19(9-6-17)10-7-18/h11-12H,3-10,18H2,1-2H3. The molecule has 2 N–H and O–H groups in total. The van der Waals surface area contributed by atoms with Gasteiger partial charge in [0.15, 0.2) is 0 Å². The first kappa shape index (κ1) is 13.9. The first-order valence-corrected chi connectivity index (χ1v) is 7.83. The fraction of sp³-hybridized carbons (Fsp3) is 0.647. The summed E-state index contributed by atoms with van der Waals surface area (Å²) in [7, 11) is 0. The van der Waals surface area contributed by atoms with Crippen LogP contribution in [-0.2, 0) is 6.42 Å². The van der Waals surface area contributed by atoms with Crippen LogP contribution in [0.1, 0.15) is 36.0 Å². The third kappa shape index (κ3) is 2.57. The maximum absolute atomic E-state index is 6.46. The Kier molecular flexibility index (Phi) is 3.74. The molecule has 1 spiro atoms. The maximum Gasteiger partial charge on any atom is 0.123 e. The number of benzene rings is 1. The highest BCUT2D eigenvalue weighted by atomic mass is 16.5. The molecule has 110 valence electrons. The summed E-state index contributed by atoms with van der Waals surface area (Å²) in [5.74, 6) is 1.13. The predicted molar refractivity (Wildman–Crippen MR) is 82.3 cm³/mol. The molecule has 0 aliphatic carbocycles. The van der Waals surface area contributed by atoms with Gasteiger partial charge in [0, 0.05) is 26.2 Å². The van der Waals surface area contributed by atoms with E-state index in [1.165, 1.54) is 23.1 Å². The second-order valence-corrected chi connectivity index (χ2v) is 6.46. The first-order valence-electron chi connectivity index (χ1n) is 7.83. The number of nitrogens with zero attached hydrogens (tertiary/aromatic N) is 1. The average Bonchev–Trinajstić information content (AvgIpc) is 2.44. The lowest BCUT2D eigenvalue weighted by molar-refractivity contribution is -0.0138. The summed E-state index contributed by atoms with van der Waals surface area (Å²) in [6, 6.07) is 4.54. The van der Waals surface area contributed by atoms with Crippen LogP contribution in [0.25, 0.3) is 0 Å². The molecule has 1 aromatic carbocycles. The summed E-state index contributed by atoms with van der Waals surface area (Å²) in [4.78, 5) is 2.46. The molecule has 3 rings (SSSR count). The molecular weight excluding hydrogens is 248 g/mol. The molecule has 0 aromatic heterocycles. The number of ether oxygens (including phenoxy) is 1. The van der Waals surface area contributed by atoms with E-state index in [1.807, 2.05) is 0 Å². The van der Waals surface area contributed by atoms with Crippen molar-refractivity contribution in [1.82, 2.24) is 4.90 Å². The fourth-order valence-electron chi connectivity index (χ4n) is 3.51. The zero-order valence-corrected chi connectivity index (χ0v) is 12.7. The molecular formula is C17H26N2O. The minimum Gasteiger partial charge on any atom is -0.487 e. The third-order valence-corrected chi connectivity index (χ3v) is 5.07. The van der Waals surface area contributed by atoms with Gasteiger partial charge in [0.25, 0.3) is 0 Å². The van der Waals surface area contributed by atoms with Gasteiger partial charge in [-0.3, -0.25) is 0 Å². The number of hydrogen-bond acceptors (Lipinski definition) is 3. The van der Waals surface area contributed by atoms with E-state index in [1.54, 1.807) is 0 Å². The van der Waals surface area contributed by atoms with Crippen LogP contribution in [0.15, 0.2) is 12.1 Å². The number of likely N-dealkylation sites (tertiary alicyclic amines) is 1. The van der Waals surface area contributed by atoms with Crippen LogP contribution >= 0.6 is 0 Å². The summed E-state index contributed by atoms with van der Waals surface area (Å²) < 4.78 is 6.46. The van der Waals surface area contributed by atoms with Gasteiger partial charge in [-0.1, -0.05) is 6.07 Å². The van der Waals surface area contributed by atoms with Crippen molar-refractivity contribution in [2.24, 2.45) is 5.73 Å². The lowest BCUT2D eigenvalue weighted by Crippen LogP contribution is -2.50. The number of nitrogens with two attached hydrogens (primary N) is 1. The molecule has 0 amide bonds. The maximum atomic E-state index is 6.46. The van der Waals surface area contributed by atoms with Gasteiger partial charge in [0.05, 0.1) is 0 Å². The average molecular weight is 274 g/mol. The largest absolute Gasteiger partial charge is 0.487 e. The second-order valence-electron chi connectivity index (χ2n) is 6.46. The Hall–Kier alpha value is -1.06. The Morgan fingerprint density at radius 1 is 1.15 bits per heavy atom. The van der Waals surface area contributed by atoms with Gasteiger partial charge in [-0.2, -0.15) is 0 Å². The monoisotopic (exact) mass is 274 g/mol. The van der Waals surface area contributed by atoms with Crippen molar-refractivity contribution in [2.45, 2.75) is 45.1 Å². The summed E-state index contributed by atoms with van der Waals surface area (Å²) in [5, 5.41) is 0. The molecule has 1 saturated heterocycles. The van der Waals surface area contributed by atoms with E-state index < -0.39 is 0 Å². The van der Waals surface area contributed by atoms with Gasteiger partial charge in [0.2, 0.25) is 0 Å². The molecule has 2 aliphatic rings. The van der Waals surface area contributed by atoms with Crippen molar-refractivity contribution >= 4 is 0 Å². The van der Waals surface area contributed by atoms with E-state index in [9.17, 15) is 0 Å².